The lowest BCUT2D eigenvalue weighted by molar-refractivity contribution is -0.131. The molecule has 0 saturated carbocycles. The topological polar surface area (TPSA) is 99.7 Å². The van der Waals surface area contributed by atoms with E-state index in [1.165, 1.54) is 6.20 Å². The van der Waals surface area contributed by atoms with Crippen molar-refractivity contribution < 1.29 is 18.0 Å². The number of amides is 2. The highest BCUT2D eigenvalue weighted by atomic mass is 32.2. The molecule has 1 fully saturated rings. The van der Waals surface area contributed by atoms with E-state index >= 15 is 0 Å². The molecular weight excluding hydrogens is 332 g/mol. The molecule has 0 bridgehead atoms. The van der Waals surface area contributed by atoms with Crippen LogP contribution in [0.25, 0.3) is 0 Å². The summed E-state index contributed by atoms with van der Waals surface area (Å²) in [5.41, 5.74) is 0.687. The highest BCUT2D eigenvalue weighted by Gasteiger charge is 2.44. The fourth-order valence-corrected chi connectivity index (χ4v) is 3.85. The van der Waals surface area contributed by atoms with E-state index in [1.807, 2.05) is 18.2 Å². The fourth-order valence-electron chi connectivity index (χ4n) is 2.35. The van der Waals surface area contributed by atoms with Crippen LogP contribution in [0.1, 0.15) is 19.5 Å². The molecule has 0 spiro atoms. The number of hydrogen-bond donors (Lipinski definition) is 1. The summed E-state index contributed by atoms with van der Waals surface area (Å²) in [5.74, 6) is -1.62. The van der Waals surface area contributed by atoms with E-state index in [0.717, 1.165) is 5.69 Å². The molecule has 1 N–H and O–H groups in total. The van der Waals surface area contributed by atoms with Crippen molar-refractivity contribution in [2.45, 2.75) is 20.3 Å². The zero-order chi connectivity index (χ0) is 17.7. The van der Waals surface area contributed by atoms with E-state index in [0.29, 0.717) is 21.6 Å². The van der Waals surface area contributed by atoms with Gasteiger partial charge in [0.25, 0.3) is 11.8 Å². The van der Waals surface area contributed by atoms with Gasteiger partial charge in [0.15, 0.2) is 0 Å². The number of rotatable bonds is 6. The minimum Gasteiger partial charge on any atom is -0.390 e. The van der Waals surface area contributed by atoms with Crippen LogP contribution in [0.15, 0.2) is 36.2 Å². The third-order valence-electron chi connectivity index (χ3n) is 3.54. The molecule has 1 saturated heterocycles. The number of carbonyl (C=O) groups is 2. The zero-order valence-corrected chi connectivity index (χ0v) is 14.4. The average molecular weight is 352 g/mol. The molecule has 1 aromatic heterocycles. The SMILES string of the molecule is CCN1C(=O)C(=CNCCc2ccccn2)C(=O)N(CC)S1(=O)=O. The van der Waals surface area contributed by atoms with Gasteiger partial charge in [0.1, 0.15) is 5.57 Å². The molecule has 0 aromatic carbocycles. The molecule has 2 heterocycles. The zero-order valence-electron chi connectivity index (χ0n) is 13.6. The summed E-state index contributed by atoms with van der Waals surface area (Å²) in [7, 11) is -4.08. The Kier molecular flexibility index (Phi) is 5.55. The van der Waals surface area contributed by atoms with Crippen LogP contribution in [0.3, 0.4) is 0 Å². The Bertz CT molecular complexity index is 714. The van der Waals surface area contributed by atoms with Gasteiger partial charge >= 0.3 is 10.2 Å². The molecule has 0 unspecified atom stereocenters. The lowest BCUT2D eigenvalue weighted by Gasteiger charge is -2.33. The minimum atomic E-state index is -4.08. The number of hydrogen-bond acceptors (Lipinski definition) is 6. The van der Waals surface area contributed by atoms with Gasteiger partial charge in [0.2, 0.25) is 0 Å². The Hall–Kier alpha value is -2.42. The van der Waals surface area contributed by atoms with Crippen LogP contribution in [-0.2, 0) is 26.2 Å². The molecule has 24 heavy (non-hydrogen) atoms. The van der Waals surface area contributed by atoms with Crippen LogP contribution >= 0.6 is 0 Å². The maximum Gasteiger partial charge on any atom is 0.331 e. The lowest BCUT2D eigenvalue weighted by Crippen LogP contribution is -2.56. The second-order valence-corrected chi connectivity index (χ2v) is 6.81. The lowest BCUT2D eigenvalue weighted by atomic mass is 10.2. The normalized spacial score (nSPS) is 17.2. The van der Waals surface area contributed by atoms with Gasteiger partial charge in [-0.15, -0.1) is 0 Å². The summed E-state index contributed by atoms with van der Waals surface area (Å²) in [4.78, 5) is 28.7. The van der Waals surface area contributed by atoms with Gasteiger partial charge in [-0.05, 0) is 26.0 Å². The quantitative estimate of drug-likeness (QED) is 0.441. The van der Waals surface area contributed by atoms with Gasteiger partial charge in [-0.3, -0.25) is 14.6 Å². The first-order valence-electron chi connectivity index (χ1n) is 7.66. The predicted molar refractivity (Wildman–Crippen MR) is 87.7 cm³/mol. The molecule has 1 aromatic rings. The van der Waals surface area contributed by atoms with Crippen molar-refractivity contribution in [1.82, 2.24) is 18.9 Å². The smallest absolute Gasteiger partial charge is 0.331 e. The van der Waals surface area contributed by atoms with Crippen LogP contribution in [0.5, 0.6) is 0 Å². The minimum absolute atomic E-state index is 0.0315. The highest BCUT2D eigenvalue weighted by Crippen LogP contribution is 2.21. The Labute approximate surface area is 141 Å². The van der Waals surface area contributed by atoms with Crippen LogP contribution in [0.4, 0.5) is 0 Å². The van der Waals surface area contributed by atoms with Crippen molar-refractivity contribution >= 4 is 22.0 Å². The van der Waals surface area contributed by atoms with E-state index in [9.17, 15) is 18.0 Å². The Morgan fingerprint density at radius 3 is 2.25 bits per heavy atom. The maximum absolute atomic E-state index is 12.3. The van der Waals surface area contributed by atoms with E-state index in [2.05, 4.69) is 10.3 Å². The van der Waals surface area contributed by atoms with Crippen LogP contribution in [0.2, 0.25) is 0 Å². The molecule has 2 amide bonds. The molecule has 130 valence electrons. The summed E-state index contributed by atoms with van der Waals surface area (Å²) in [5, 5.41) is 2.89. The van der Waals surface area contributed by atoms with Crippen molar-refractivity contribution in [2.75, 3.05) is 19.6 Å². The Morgan fingerprint density at radius 2 is 1.75 bits per heavy atom. The van der Waals surface area contributed by atoms with E-state index in [1.54, 1.807) is 20.0 Å². The molecular formula is C15H20N4O4S. The van der Waals surface area contributed by atoms with Gasteiger partial charge in [-0.2, -0.15) is 8.42 Å². The van der Waals surface area contributed by atoms with Crippen molar-refractivity contribution in [2.24, 2.45) is 0 Å². The molecule has 1 aliphatic rings. The summed E-state index contributed by atoms with van der Waals surface area (Å²) >= 11 is 0. The van der Waals surface area contributed by atoms with Crippen LogP contribution in [0, 0.1) is 0 Å². The van der Waals surface area contributed by atoms with Crippen molar-refractivity contribution in [3.05, 3.63) is 41.9 Å². The predicted octanol–water partition coefficient (Wildman–Crippen LogP) is 0.0530. The second kappa shape index (κ2) is 7.43. The number of nitrogens with one attached hydrogen (secondary N) is 1. The second-order valence-electron chi connectivity index (χ2n) is 5.03. The summed E-state index contributed by atoms with van der Waals surface area (Å²) in [6, 6.07) is 5.56. The molecule has 0 aliphatic carbocycles. The largest absolute Gasteiger partial charge is 0.390 e. The first-order chi connectivity index (χ1) is 11.4. The Morgan fingerprint density at radius 1 is 1.12 bits per heavy atom. The number of likely N-dealkylation sites (N-methyl/N-ethyl adjacent to an activating group) is 2. The number of nitrogens with zero attached hydrogens (tertiary/aromatic N) is 3. The van der Waals surface area contributed by atoms with Gasteiger partial charge in [0.05, 0.1) is 0 Å². The van der Waals surface area contributed by atoms with Crippen molar-refractivity contribution in [3.8, 4) is 0 Å². The molecule has 9 heteroatoms. The first kappa shape index (κ1) is 17.9. The number of carbonyl (C=O) groups excluding carboxylic acids is 2. The van der Waals surface area contributed by atoms with E-state index in [-0.39, 0.29) is 18.7 Å². The average Bonchev–Trinajstić information content (AvgIpc) is 2.55. The third-order valence-corrected chi connectivity index (χ3v) is 5.51. The molecule has 1 aliphatic heterocycles. The number of pyridine rings is 1. The van der Waals surface area contributed by atoms with Gasteiger partial charge in [-0.1, -0.05) is 6.07 Å². The monoisotopic (exact) mass is 352 g/mol. The highest BCUT2D eigenvalue weighted by molar-refractivity contribution is 7.88. The molecule has 2 rings (SSSR count). The molecule has 0 radical (unpaired) electrons. The van der Waals surface area contributed by atoms with Crippen LogP contribution < -0.4 is 5.32 Å². The van der Waals surface area contributed by atoms with Crippen molar-refractivity contribution in [1.29, 1.82) is 0 Å². The molecule has 0 atom stereocenters. The van der Waals surface area contributed by atoms with Gasteiger partial charge in [-0.25, -0.2) is 8.61 Å². The Balaban J connectivity index is 2.13. The van der Waals surface area contributed by atoms with E-state index < -0.39 is 22.0 Å². The standard InChI is InChI=1S/C15H20N4O4S/c1-3-18-14(20)13(15(21)19(4-2)24(18,22)23)11-16-10-8-12-7-5-6-9-17-12/h5-7,9,11,16H,3-4,8,10H2,1-2H3. The number of aromatic nitrogens is 1. The molecule has 8 nitrogen and oxygen atoms in total. The fraction of sp³-hybridized carbons (Fsp3) is 0.400. The summed E-state index contributed by atoms with van der Waals surface area (Å²) in [6.45, 7) is 3.49. The van der Waals surface area contributed by atoms with Gasteiger partial charge < -0.3 is 5.32 Å². The van der Waals surface area contributed by atoms with E-state index in [4.69, 9.17) is 0 Å². The maximum atomic E-state index is 12.3. The van der Waals surface area contributed by atoms with Crippen LogP contribution in [-0.4, -0.2) is 53.5 Å². The summed E-state index contributed by atoms with van der Waals surface area (Å²) < 4.78 is 25.8. The third kappa shape index (κ3) is 3.40. The van der Waals surface area contributed by atoms with Gasteiger partial charge in [0, 0.05) is 44.1 Å². The summed E-state index contributed by atoms with van der Waals surface area (Å²) in [6.07, 6.45) is 3.58. The van der Waals surface area contributed by atoms with Crippen molar-refractivity contribution in [3.63, 3.8) is 0 Å². The first-order valence-corrected chi connectivity index (χ1v) is 9.05.